The molecule has 0 amide bonds. The smallest absolute Gasteiger partial charge is 0.179 e. The van der Waals surface area contributed by atoms with Gasteiger partial charge in [-0.25, -0.2) is 9.97 Å². The molecule has 0 radical (unpaired) electrons. The second-order valence-electron chi connectivity index (χ2n) is 2.18. The van der Waals surface area contributed by atoms with E-state index in [2.05, 4.69) is 25.9 Å². The lowest BCUT2D eigenvalue weighted by Crippen LogP contribution is -2.02. The summed E-state index contributed by atoms with van der Waals surface area (Å²) in [5.41, 5.74) is 1.10. The van der Waals surface area contributed by atoms with E-state index in [-0.39, 0.29) is 5.78 Å². The molecule has 0 saturated carbocycles. The summed E-state index contributed by atoms with van der Waals surface area (Å²) < 4.78 is 0.653. The van der Waals surface area contributed by atoms with E-state index in [0.29, 0.717) is 16.0 Å². The van der Waals surface area contributed by atoms with Crippen LogP contribution < -0.4 is 0 Å². The number of rotatable bonds is 1. The number of hydrogen-bond donors (Lipinski definition) is 0. The Morgan fingerprint density at radius 2 is 2.27 bits per heavy atom. The minimum Gasteiger partial charge on any atom is -0.293 e. The molecule has 0 spiro atoms. The van der Waals surface area contributed by atoms with Crippen LogP contribution in [0.25, 0.3) is 0 Å². The van der Waals surface area contributed by atoms with Gasteiger partial charge in [-0.05, 0) is 22.9 Å². The third-order valence-corrected chi connectivity index (χ3v) is 1.63. The largest absolute Gasteiger partial charge is 0.293 e. The third-order valence-electron chi connectivity index (χ3n) is 1.25. The number of aryl methyl sites for hydroxylation is 1. The van der Waals surface area contributed by atoms with E-state index in [9.17, 15) is 4.79 Å². The van der Waals surface area contributed by atoms with E-state index in [0.717, 1.165) is 0 Å². The first-order valence-electron chi connectivity index (χ1n) is 3.11. The van der Waals surface area contributed by atoms with Crippen molar-refractivity contribution < 1.29 is 4.79 Å². The van der Waals surface area contributed by atoms with E-state index in [1.807, 2.05) is 0 Å². The van der Waals surface area contributed by atoms with Crippen LogP contribution >= 0.6 is 15.9 Å². The van der Waals surface area contributed by atoms with Crippen LogP contribution in [-0.4, -0.2) is 15.8 Å². The lowest BCUT2D eigenvalue weighted by atomic mass is 10.2. The van der Waals surface area contributed by atoms with Crippen LogP contribution in [0.4, 0.5) is 0 Å². The zero-order valence-corrected chi connectivity index (χ0v) is 7.84. The fraction of sp³-hybridized carbons (Fsp3) is 0.286. The minimum atomic E-state index is -0.0532. The Labute approximate surface area is 73.0 Å². The molecule has 1 aromatic heterocycles. The summed E-state index contributed by atoms with van der Waals surface area (Å²) in [4.78, 5) is 18.8. The van der Waals surface area contributed by atoms with Crippen LogP contribution in [0.15, 0.2) is 10.8 Å². The zero-order chi connectivity index (χ0) is 8.43. The normalized spacial score (nSPS) is 9.73. The van der Waals surface area contributed by atoms with Crippen molar-refractivity contribution in [2.24, 2.45) is 0 Å². The van der Waals surface area contributed by atoms with Gasteiger partial charge >= 0.3 is 0 Å². The van der Waals surface area contributed by atoms with E-state index >= 15 is 0 Å². The molecule has 0 aliphatic heterocycles. The van der Waals surface area contributed by atoms with Crippen LogP contribution in [0, 0.1) is 6.92 Å². The molecule has 0 bridgehead atoms. The van der Waals surface area contributed by atoms with Crippen LogP contribution in [0.2, 0.25) is 0 Å². The van der Waals surface area contributed by atoms with Gasteiger partial charge in [0.2, 0.25) is 0 Å². The molecule has 0 N–H and O–H groups in total. The van der Waals surface area contributed by atoms with Crippen molar-refractivity contribution >= 4 is 21.7 Å². The van der Waals surface area contributed by atoms with Crippen molar-refractivity contribution in [2.75, 3.05) is 0 Å². The van der Waals surface area contributed by atoms with Gasteiger partial charge in [-0.3, -0.25) is 4.79 Å². The van der Waals surface area contributed by atoms with Crippen LogP contribution in [0.3, 0.4) is 0 Å². The number of carbonyl (C=O) groups excluding carboxylic acids is 1. The topological polar surface area (TPSA) is 42.9 Å². The number of carbonyl (C=O) groups is 1. The molecule has 0 aromatic carbocycles. The molecule has 0 atom stereocenters. The van der Waals surface area contributed by atoms with Gasteiger partial charge in [0, 0.05) is 6.92 Å². The molecule has 0 saturated heterocycles. The summed E-state index contributed by atoms with van der Waals surface area (Å²) in [6.07, 6.45) is 1.52. The highest BCUT2D eigenvalue weighted by Gasteiger charge is 2.05. The maximum Gasteiger partial charge on any atom is 0.179 e. The van der Waals surface area contributed by atoms with Gasteiger partial charge in [-0.15, -0.1) is 0 Å². The Morgan fingerprint density at radius 1 is 1.64 bits per heavy atom. The third kappa shape index (κ3) is 1.83. The molecular formula is C7H7BrN2O. The molecular weight excluding hydrogens is 208 g/mol. The summed E-state index contributed by atoms with van der Waals surface area (Å²) in [7, 11) is 0. The number of aromatic nitrogens is 2. The van der Waals surface area contributed by atoms with Crippen LogP contribution in [0.1, 0.15) is 23.1 Å². The first-order valence-corrected chi connectivity index (χ1v) is 3.90. The molecule has 3 nitrogen and oxygen atoms in total. The SMILES string of the molecule is CC(=O)c1ncc(Br)nc1C. The predicted octanol–water partition coefficient (Wildman–Crippen LogP) is 1.75. The minimum absolute atomic E-state index is 0.0532. The van der Waals surface area contributed by atoms with Crippen molar-refractivity contribution in [3.8, 4) is 0 Å². The Balaban J connectivity index is 3.20. The van der Waals surface area contributed by atoms with Crippen molar-refractivity contribution in [3.63, 3.8) is 0 Å². The summed E-state index contributed by atoms with van der Waals surface area (Å²) in [6, 6.07) is 0. The average molecular weight is 215 g/mol. The summed E-state index contributed by atoms with van der Waals surface area (Å²) in [5, 5.41) is 0. The Kier molecular flexibility index (Phi) is 2.34. The van der Waals surface area contributed by atoms with Gasteiger partial charge < -0.3 is 0 Å². The lowest BCUT2D eigenvalue weighted by Gasteiger charge is -1.98. The molecule has 0 aliphatic rings. The van der Waals surface area contributed by atoms with Gasteiger partial charge in [-0.2, -0.15) is 0 Å². The highest BCUT2D eigenvalue weighted by atomic mass is 79.9. The molecule has 0 aliphatic carbocycles. The molecule has 0 fully saturated rings. The molecule has 1 heterocycles. The second kappa shape index (κ2) is 3.09. The average Bonchev–Trinajstić information content (AvgIpc) is 1.85. The van der Waals surface area contributed by atoms with E-state index in [1.165, 1.54) is 13.1 Å². The van der Waals surface area contributed by atoms with Gasteiger partial charge in [0.15, 0.2) is 5.78 Å². The molecule has 1 aromatic rings. The van der Waals surface area contributed by atoms with Gasteiger partial charge in [-0.1, -0.05) is 0 Å². The molecule has 58 valence electrons. The Bertz CT molecular complexity index is 298. The van der Waals surface area contributed by atoms with Crippen molar-refractivity contribution in [1.29, 1.82) is 0 Å². The molecule has 1 rings (SSSR count). The van der Waals surface area contributed by atoms with Crippen molar-refractivity contribution in [2.45, 2.75) is 13.8 Å². The van der Waals surface area contributed by atoms with Crippen molar-refractivity contribution in [3.05, 3.63) is 22.2 Å². The highest BCUT2D eigenvalue weighted by molar-refractivity contribution is 9.10. The fourth-order valence-corrected chi connectivity index (χ4v) is 1.17. The Hall–Kier alpha value is -0.770. The monoisotopic (exact) mass is 214 g/mol. The van der Waals surface area contributed by atoms with Crippen LogP contribution in [-0.2, 0) is 0 Å². The van der Waals surface area contributed by atoms with E-state index in [4.69, 9.17) is 0 Å². The number of hydrogen-bond acceptors (Lipinski definition) is 3. The first kappa shape index (κ1) is 8.33. The standard InChI is InChI=1S/C7H7BrN2O/c1-4-7(5(2)11)9-3-6(8)10-4/h3H,1-2H3. The quantitative estimate of drug-likeness (QED) is 0.670. The molecule has 11 heavy (non-hydrogen) atoms. The van der Waals surface area contributed by atoms with E-state index < -0.39 is 0 Å². The van der Waals surface area contributed by atoms with Crippen LogP contribution in [0.5, 0.6) is 0 Å². The maximum atomic E-state index is 10.9. The highest BCUT2D eigenvalue weighted by Crippen LogP contribution is 2.07. The number of nitrogens with zero attached hydrogens (tertiary/aromatic N) is 2. The summed E-state index contributed by atoms with van der Waals surface area (Å²) in [5.74, 6) is -0.0532. The molecule has 0 unspecified atom stereocenters. The van der Waals surface area contributed by atoms with E-state index in [1.54, 1.807) is 6.92 Å². The van der Waals surface area contributed by atoms with Gasteiger partial charge in [0.05, 0.1) is 11.9 Å². The number of ketones is 1. The second-order valence-corrected chi connectivity index (χ2v) is 3.00. The summed E-state index contributed by atoms with van der Waals surface area (Å²) in [6.45, 7) is 3.24. The summed E-state index contributed by atoms with van der Waals surface area (Å²) >= 11 is 3.16. The number of Topliss-reactive ketones (excluding diaryl/α,β-unsaturated/α-hetero) is 1. The van der Waals surface area contributed by atoms with Gasteiger partial charge in [0.1, 0.15) is 10.3 Å². The number of halogens is 1. The van der Waals surface area contributed by atoms with Crippen molar-refractivity contribution in [1.82, 2.24) is 9.97 Å². The lowest BCUT2D eigenvalue weighted by molar-refractivity contribution is 0.101. The zero-order valence-electron chi connectivity index (χ0n) is 6.26. The fourth-order valence-electron chi connectivity index (χ4n) is 0.799. The Morgan fingerprint density at radius 3 is 2.73 bits per heavy atom. The van der Waals surface area contributed by atoms with Gasteiger partial charge in [0.25, 0.3) is 0 Å². The first-order chi connectivity index (χ1) is 5.11. The molecule has 4 heteroatoms. The maximum absolute atomic E-state index is 10.9. The predicted molar refractivity (Wildman–Crippen MR) is 44.5 cm³/mol.